The first-order valence-corrected chi connectivity index (χ1v) is 9.84. The molecule has 0 unspecified atom stereocenters. The van der Waals surface area contributed by atoms with Crippen molar-refractivity contribution in [2.24, 2.45) is 0 Å². The summed E-state index contributed by atoms with van der Waals surface area (Å²) in [5.41, 5.74) is 4.21. The fraction of sp³-hybridized carbons (Fsp3) is 0.217. The van der Waals surface area contributed by atoms with Gasteiger partial charge in [-0.1, -0.05) is 54.1 Å². The van der Waals surface area contributed by atoms with E-state index in [1.807, 2.05) is 29.3 Å². The molecule has 0 bridgehead atoms. The second-order valence-electron chi connectivity index (χ2n) is 6.95. The first-order valence-electron chi connectivity index (χ1n) is 9.47. The summed E-state index contributed by atoms with van der Waals surface area (Å²) in [4.78, 5) is 21.3. The molecule has 0 N–H and O–H groups in total. The zero-order chi connectivity index (χ0) is 19.3. The number of piperazine rings is 1. The molecule has 1 aliphatic heterocycles. The Labute approximate surface area is 170 Å². The summed E-state index contributed by atoms with van der Waals surface area (Å²) in [5, 5.41) is 0.514. The summed E-state index contributed by atoms with van der Waals surface area (Å²) < 4.78 is 0. The first kappa shape index (κ1) is 18.7. The monoisotopic (exact) mass is 391 g/mol. The molecule has 1 saturated heterocycles. The number of nitrogens with zero attached hydrogens (tertiary/aromatic N) is 3. The second-order valence-corrected chi connectivity index (χ2v) is 7.35. The third kappa shape index (κ3) is 4.08. The van der Waals surface area contributed by atoms with Crippen LogP contribution in [-0.2, 0) is 6.54 Å². The van der Waals surface area contributed by atoms with E-state index < -0.39 is 0 Å². The van der Waals surface area contributed by atoms with Gasteiger partial charge >= 0.3 is 0 Å². The highest BCUT2D eigenvalue weighted by Crippen LogP contribution is 2.25. The van der Waals surface area contributed by atoms with Crippen molar-refractivity contribution in [3.8, 4) is 11.1 Å². The Balaban J connectivity index is 1.42. The lowest BCUT2D eigenvalue weighted by atomic mass is 10.0. The summed E-state index contributed by atoms with van der Waals surface area (Å²) in [6.07, 6.45) is 3.69. The Hall–Kier alpha value is -2.69. The maximum Gasteiger partial charge on any atom is 0.255 e. The molecular weight excluding hydrogens is 370 g/mol. The summed E-state index contributed by atoms with van der Waals surface area (Å²) >= 11 is 6.19. The Morgan fingerprint density at radius 3 is 2.43 bits per heavy atom. The van der Waals surface area contributed by atoms with Gasteiger partial charge < -0.3 is 4.90 Å². The Morgan fingerprint density at radius 1 is 0.929 bits per heavy atom. The first-order chi connectivity index (χ1) is 13.7. The summed E-state index contributed by atoms with van der Waals surface area (Å²) in [7, 11) is 0. The highest BCUT2D eigenvalue weighted by Gasteiger charge is 2.23. The number of aromatic nitrogens is 1. The topological polar surface area (TPSA) is 36.4 Å². The van der Waals surface area contributed by atoms with Gasteiger partial charge in [0.15, 0.2) is 0 Å². The van der Waals surface area contributed by atoms with Gasteiger partial charge in [0.2, 0.25) is 0 Å². The Kier molecular flexibility index (Phi) is 5.70. The molecule has 0 spiro atoms. The van der Waals surface area contributed by atoms with Crippen molar-refractivity contribution in [3.05, 3.63) is 89.2 Å². The van der Waals surface area contributed by atoms with Crippen molar-refractivity contribution < 1.29 is 4.79 Å². The quantitative estimate of drug-likeness (QED) is 0.663. The zero-order valence-electron chi connectivity index (χ0n) is 15.6. The molecule has 0 aliphatic carbocycles. The molecule has 1 aromatic heterocycles. The largest absolute Gasteiger partial charge is 0.336 e. The highest BCUT2D eigenvalue weighted by molar-refractivity contribution is 6.33. The minimum atomic E-state index is 0.0148. The van der Waals surface area contributed by atoms with Gasteiger partial charge in [-0.2, -0.15) is 0 Å². The standard InChI is InChI=1S/C23H22ClN3O/c24-22-10-4-3-9-21(22)23(28)27-14-12-26(13-15-27)17-19-6-1-2-8-20(19)18-7-5-11-25-16-18/h1-11,16H,12-15,17H2. The van der Waals surface area contributed by atoms with E-state index in [0.29, 0.717) is 23.7 Å². The molecule has 1 amide bonds. The molecule has 2 aromatic carbocycles. The smallest absolute Gasteiger partial charge is 0.255 e. The second kappa shape index (κ2) is 8.55. The minimum Gasteiger partial charge on any atom is -0.336 e. The van der Waals surface area contributed by atoms with Crippen LogP contribution in [0.5, 0.6) is 0 Å². The molecule has 0 radical (unpaired) electrons. The van der Waals surface area contributed by atoms with Crippen molar-refractivity contribution in [3.63, 3.8) is 0 Å². The number of carbonyl (C=O) groups is 1. The normalized spacial score (nSPS) is 14.8. The fourth-order valence-corrected chi connectivity index (χ4v) is 3.83. The van der Waals surface area contributed by atoms with Gasteiger partial charge in [-0.25, -0.2) is 0 Å². The lowest BCUT2D eigenvalue weighted by Gasteiger charge is -2.35. The number of benzene rings is 2. The molecule has 4 rings (SSSR count). The van der Waals surface area contributed by atoms with Crippen LogP contribution in [0.1, 0.15) is 15.9 Å². The maximum atomic E-state index is 12.7. The molecule has 3 aromatic rings. The van der Waals surface area contributed by atoms with Gasteiger partial charge in [0, 0.05) is 50.7 Å². The van der Waals surface area contributed by atoms with E-state index in [4.69, 9.17) is 11.6 Å². The number of carbonyl (C=O) groups excluding carboxylic acids is 1. The van der Waals surface area contributed by atoms with Crippen LogP contribution < -0.4 is 0 Å². The van der Waals surface area contributed by atoms with Crippen molar-refractivity contribution in [2.45, 2.75) is 6.54 Å². The predicted octanol–water partition coefficient (Wildman–Crippen LogP) is 4.36. The summed E-state index contributed by atoms with van der Waals surface area (Å²) in [6, 6.07) is 19.8. The SMILES string of the molecule is O=C(c1ccccc1Cl)N1CCN(Cc2ccccc2-c2cccnc2)CC1. The summed E-state index contributed by atoms with van der Waals surface area (Å²) in [5.74, 6) is 0.0148. The van der Waals surface area contributed by atoms with E-state index in [9.17, 15) is 4.79 Å². The highest BCUT2D eigenvalue weighted by atomic mass is 35.5. The van der Waals surface area contributed by atoms with Gasteiger partial charge in [-0.3, -0.25) is 14.7 Å². The molecule has 2 heterocycles. The Morgan fingerprint density at radius 2 is 1.68 bits per heavy atom. The molecule has 0 atom stereocenters. The molecular formula is C23H22ClN3O. The number of pyridine rings is 1. The van der Waals surface area contributed by atoms with Gasteiger partial charge in [0.05, 0.1) is 10.6 Å². The van der Waals surface area contributed by atoms with E-state index >= 15 is 0 Å². The van der Waals surface area contributed by atoms with Gasteiger partial charge in [-0.15, -0.1) is 0 Å². The van der Waals surface area contributed by atoms with E-state index in [-0.39, 0.29) is 5.91 Å². The average Bonchev–Trinajstić information content (AvgIpc) is 2.75. The molecule has 1 fully saturated rings. The van der Waals surface area contributed by atoms with E-state index in [0.717, 1.165) is 25.2 Å². The number of rotatable bonds is 4. The molecule has 0 saturated carbocycles. The van der Waals surface area contributed by atoms with E-state index in [2.05, 4.69) is 40.2 Å². The van der Waals surface area contributed by atoms with Crippen LogP contribution in [0.3, 0.4) is 0 Å². The molecule has 28 heavy (non-hydrogen) atoms. The van der Waals surface area contributed by atoms with Crippen LogP contribution in [0.15, 0.2) is 73.1 Å². The molecule has 142 valence electrons. The molecule has 4 nitrogen and oxygen atoms in total. The molecule has 5 heteroatoms. The van der Waals surface area contributed by atoms with Crippen LogP contribution in [0.25, 0.3) is 11.1 Å². The van der Waals surface area contributed by atoms with Crippen LogP contribution >= 0.6 is 11.6 Å². The van der Waals surface area contributed by atoms with Crippen LogP contribution in [-0.4, -0.2) is 46.9 Å². The number of hydrogen-bond acceptors (Lipinski definition) is 3. The number of amides is 1. The number of hydrogen-bond donors (Lipinski definition) is 0. The fourth-order valence-electron chi connectivity index (χ4n) is 3.62. The average molecular weight is 392 g/mol. The van der Waals surface area contributed by atoms with Crippen molar-refractivity contribution in [2.75, 3.05) is 26.2 Å². The van der Waals surface area contributed by atoms with Crippen LogP contribution in [0.2, 0.25) is 5.02 Å². The van der Waals surface area contributed by atoms with Crippen LogP contribution in [0, 0.1) is 0 Å². The third-order valence-electron chi connectivity index (χ3n) is 5.15. The maximum absolute atomic E-state index is 12.7. The van der Waals surface area contributed by atoms with Crippen molar-refractivity contribution in [1.29, 1.82) is 0 Å². The molecule has 1 aliphatic rings. The summed E-state index contributed by atoms with van der Waals surface area (Å²) in [6.45, 7) is 3.96. The van der Waals surface area contributed by atoms with Gasteiger partial charge in [-0.05, 0) is 29.3 Å². The minimum absolute atomic E-state index is 0.0148. The van der Waals surface area contributed by atoms with Crippen LogP contribution in [0.4, 0.5) is 0 Å². The van der Waals surface area contributed by atoms with Gasteiger partial charge in [0.1, 0.15) is 0 Å². The predicted molar refractivity (Wildman–Crippen MR) is 112 cm³/mol. The van der Waals surface area contributed by atoms with E-state index in [1.54, 1.807) is 18.3 Å². The zero-order valence-corrected chi connectivity index (χ0v) is 16.3. The van der Waals surface area contributed by atoms with Gasteiger partial charge in [0.25, 0.3) is 5.91 Å². The lowest BCUT2D eigenvalue weighted by Crippen LogP contribution is -2.48. The van der Waals surface area contributed by atoms with Crippen molar-refractivity contribution in [1.82, 2.24) is 14.8 Å². The third-order valence-corrected chi connectivity index (χ3v) is 5.48. The van der Waals surface area contributed by atoms with E-state index in [1.165, 1.54) is 11.1 Å². The number of halogens is 1. The lowest BCUT2D eigenvalue weighted by molar-refractivity contribution is 0.0629. The van der Waals surface area contributed by atoms with Crippen molar-refractivity contribution >= 4 is 17.5 Å². The Bertz CT molecular complexity index is 953.